The van der Waals surface area contributed by atoms with E-state index in [9.17, 15) is 4.79 Å². The van der Waals surface area contributed by atoms with E-state index in [1.807, 2.05) is 30.3 Å². The highest BCUT2D eigenvalue weighted by Gasteiger charge is 2.27. The van der Waals surface area contributed by atoms with Gasteiger partial charge in [-0.25, -0.2) is 4.79 Å². The van der Waals surface area contributed by atoms with Crippen LogP contribution < -0.4 is 18.9 Å². The average Bonchev–Trinajstić information content (AvgIpc) is 2.94. The summed E-state index contributed by atoms with van der Waals surface area (Å²) in [7, 11) is 6.36. The minimum Gasteiger partial charge on any atom is -0.493 e. The van der Waals surface area contributed by atoms with Gasteiger partial charge in [0, 0.05) is 29.6 Å². The molecule has 3 rings (SSSR count). The molecule has 0 fully saturated rings. The molecule has 0 bridgehead atoms. The summed E-state index contributed by atoms with van der Waals surface area (Å²) in [4.78, 5) is 21.0. The van der Waals surface area contributed by atoms with Gasteiger partial charge in [0.2, 0.25) is 0 Å². The van der Waals surface area contributed by atoms with Gasteiger partial charge in [-0.3, -0.25) is 9.88 Å². The number of pyridine rings is 1. The molecule has 0 aliphatic rings. The normalized spacial score (nSPS) is 11.9. The molecule has 8 nitrogen and oxygen atoms in total. The number of methoxy groups -OCH3 is 4. The number of benzene rings is 2. The van der Waals surface area contributed by atoms with Crippen LogP contribution in [0.2, 0.25) is 0 Å². The van der Waals surface area contributed by atoms with Crippen molar-refractivity contribution >= 4 is 16.9 Å². The zero-order valence-electron chi connectivity index (χ0n) is 23.8. The Bertz CT molecular complexity index is 1260. The molecule has 0 saturated carbocycles. The summed E-state index contributed by atoms with van der Waals surface area (Å²) in [5.41, 5.74) is 3.25. The molecule has 0 spiro atoms. The lowest BCUT2D eigenvalue weighted by Crippen LogP contribution is -2.34. The average molecular weight is 525 g/mol. The summed E-state index contributed by atoms with van der Waals surface area (Å²) < 4.78 is 27.9. The number of fused-ring (bicyclic) bond motifs is 1. The van der Waals surface area contributed by atoms with Gasteiger partial charge in [0.15, 0.2) is 23.0 Å². The number of hydrogen-bond donors (Lipinski definition) is 0. The molecule has 0 amide bonds. The maximum atomic E-state index is 13.6. The number of esters is 1. The zero-order chi connectivity index (χ0) is 27.8. The summed E-state index contributed by atoms with van der Waals surface area (Å²) in [6.45, 7) is 9.96. The molecule has 1 unspecified atom stereocenters. The van der Waals surface area contributed by atoms with Crippen molar-refractivity contribution in [3.8, 4) is 34.1 Å². The fraction of sp³-hybridized carbons (Fsp3) is 0.467. The summed E-state index contributed by atoms with van der Waals surface area (Å²) in [6.07, 6.45) is 1.97. The number of ether oxygens (including phenoxy) is 5. The van der Waals surface area contributed by atoms with E-state index < -0.39 is 5.97 Å². The minimum atomic E-state index is -0.419. The molecule has 1 atom stereocenters. The van der Waals surface area contributed by atoms with Crippen LogP contribution in [0.4, 0.5) is 0 Å². The van der Waals surface area contributed by atoms with E-state index in [4.69, 9.17) is 28.7 Å². The molecule has 0 aliphatic heterocycles. The van der Waals surface area contributed by atoms with Gasteiger partial charge in [-0.05, 0) is 57.0 Å². The molecule has 38 heavy (non-hydrogen) atoms. The van der Waals surface area contributed by atoms with Crippen LogP contribution in [0.3, 0.4) is 0 Å². The Morgan fingerprint density at radius 2 is 1.53 bits per heavy atom. The smallest absolute Gasteiger partial charge is 0.340 e. The van der Waals surface area contributed by atoms with Crippen LogP contribution in [0.25, 0.3) is 22.0 Å². The van der Waals surface area contributed by atoms with Crippen LogP contribution in [0.5, 0.6) is 23.0 Å². The molecule has 1 aromatic heterocycles. The van der Waals surface area contributed by atoms with Crippen molar-refractivity contribution in [1.82, 2.24) is 9.88 Å². The number of aromatic nitrogens is 1. The minimum absolute atomic E-state index is 0.248. The Morgan fingerprint density at radius 1 is 0.895 bits per heavy atom. The van der Waals surface area contributed by atoms with Gasteiger partial charge in [0.05, 0.1) is 51.8 Å². The molecule has 3 aromatic rings. The second kappa shape index (κ2) is 13.3. The molecule has 8 heteroatoms. The SMILES string of the molecule is CCCN(Cc1nc2cc(OC)c(OC)cc2c(-c2ccc(OC)c(OC)c2)c1C(=O)OCC)C(C)CC. The van der Waals surface area contributed by atoms with Crippen LogP contribution in [0.1, 0.15) is 56.6 Å². The Hall–Kier alpha value is -3.52. The predicted molar refractivity (Wildman–Crippen MR) is 150 cm³/mol. The van der Waals surface area contributed by atoms with Gasteiger partial charge in [0.1, 0.15) is 0 Å². The van der Waals surface area contributed by atoms with E-state index in [-0.39, 0.29) is 6.61 Å². The summed E-state index contributed by atoms with van der Waals surface area (Å²) in [5.74, 6) is 1.83. The topological polar surface area (TPSA) is 79.4 Å². The van der Waals surface area contributed by atoms with Crippen molar-refractivity contribution in [1.29, 1.82) is 0 Å². The van der Waals surface area contributed by atoms with Crippen molar-refractivity contribution in [2.45, 2.75) is 53.1 Å². The van der Waals surface area contributed by atoms with Crippen LogP contribution in [0.15, 0.2) is 30.3 Å². The molecule has 206 valence electrons. The molecule has 0 N–H and O–H groups in total. The largest absolute Gasteiger partial charge is 0.493 e. The number of carbonyl (C=O) groups excluding carboxylic acids is 1. The maximum Gasteiger partial charge on any atom is 0.340 e. The van der Waals surface area contributed by atoms with Crippen molar-refractivity contribution in [3.63, 3.8) is 0 Å². The van der Waals surface area contributed by atoms with Gasteiger partial charge in [-0.15, -0.1) is 0 Å². The van der Waals surface area contributed by atoms with Crippen LogP contribution in [-0.2, 0) is 11.3 Å². The lowest BCUT2D eigenvalue weighted by Gasteiger charge is -2.29. The van der Waals surface area contributed by atoms with E-state index >= 15 is 0 Å². The third kappa shape index (κ3) is 5.96. The number of carbonyl (C=O) groups is 1. The first-order valence-corrected chi connectivity index (χ1v) is 13.1. The highest BCUT2D eigenvalue weighted by Crippen LogP contribution is 2.42. The maximum absolute atomic E-state index is 13.6. The standard InChI is InChI=1S/C30H40N2O6/c1-9-14-32(19(4)10-2)18-23-29(30(33)38-11-3)28(20-12-13-24(34-5)25(15-20)35-6)21-16-26(36-7)27(37-8)17-22(21)31-23/h12-13,15-17,19H,9-11,14,18H2,1-8H3. The Kier molecular flexibility index (Phi) is 10.2. The first kappa shape index (κ1) is 29.0. The van der Waals surface area contributed by atoms with Crippen molar-refractivity contribution < 1.29 is 28.5 Å². The third-order valence-electron chi connectivity index (χ3n) is 6.79. The van der Waals surface area contributed by atoms with Gasteiger partial charge >= 0.3 is 5.97 Å². The summed E-state index contributed by atoms with van der Waals surface area (Å²) in [5, 5.41) is 0.743. The lowest BCUT2D eigenvalue weighted by atomic mass is 9.93. The number of nitrogens with zero attached hydrogens (tertiary/aromatic N) is 2. The van der Waals surface area contributed by atoms with E-state index in [1.54, 1.807) is 35.4 Å². The van der Waals surface area contributed by atoms with E-state index in [1.165, 1.54) is 0 Å². The van der Waals surface area contributed by atoms with Gasteiger partial charge in [0.25, 0.3) is 0 Å². The molecule has 1 heterocycles. The zero-order valence-corrected chi connectivity index (χ0v) is 23.8. The fourth-order valence-electron chi connectivity index (χ4n) is 4.66. The first-order chi connectivity index (χ1) is 18.4. The third-order valence-corrected chi connectivity index (χ3v) is 6.79. The molecule has 0 aliphatic carbocycles. The second-order valence-electron chi connectivity index (χ2n) is 9.05. The van der Waals surface area contributed by atoms with Crippen molar-refractivity contribution in [2.24, 2.45) is 0 Å². The van der Waals surface area contributed by atoms with Gasteiger partial charge in [-0.2, -0.15) is 0 Å². The van der Waals surface area contributed by atoms with Crippen LogP contribution in [-0.4, -0.2) is 63.5 Å². The Morgan fingerprint density at radius 3 is 2.11 bits per heavy atom. The molecule has 2 aromatic carbocycles. The highest BCUT2D eigenvalue weighted by molar-refractivity contribution is 6.08. The molecular formula is C30H40N2O6. The van der Waals surface area contributed by atoms with Crippen LogP contribution >= 0.6 is 0 Å². The molecular weight excluding hydrogens is 484 g/mol. The monoisotopic (exact) mass is 524 g/mol. The van der Waals surface area contributed by atoms with Gasteiger partial charge in [-0.1, -0.05) is 19.9 Å². The van der Waals surface area contributed by atoms with Gasteiger partial charge < -0.3 is 23.7 Å². The Balaban J connectivity index is 2.46. The molecule has 0 saturated heterocycles. The molecule has 0 radical (unpaired) electrons. The lowest BCUT2D eigenvalue weighted by molar-refractivity contribution is 0.0523. The van der Waals surface area contributed by atoms with Crippen molar-refractivity contribution in [3.05, 3.63) is 41.6 Å². The first-order valence-electron chi connectivity index (χ1n) is 13.1. The number of hydrogen-bond acceptors (Lipinski definition) is 8. The van der Waals surface area contributed by atoms with E-state index in [2.05, 4.69) is 25.7 Å². The van der Waals surface area contributed by atoms with Crippen LogP contribution in [0, 0.1) is 0 Å². The Labute approximate surface area is 225 Å². The second-order valence-corrected chi connectivity index (χ2v) is 9.05. The predicted octanol–water partition coefficient (Wildman–Crippen LogP) is 6.12. The quantitative estimate of drug-likeness (QED) is 0.247. The summed E-state index contributed by atoms with van der Waals surface area (Å²) >= 11 is 0. The fourth-order valence-corrected chi connectivity index (χ4v) is 4.66. The van der Waals surface area contributed by atoms with E-state index in [0.717, 1.165) is 30.3 Å². The van der Waals surface area contributed by atoms with Crippen molar-refractivity contribution in [2.75, 3.05) is 41.6 Å². The summed E-state index contributed by atoms with van der Waals surface area (Å²) in [6, 6.07) is 9.64. The highest BCUT2D eigenvalue weighted by atomic mass is 16.5. The van der Waals surface area contributed by atoms with E-state index in [0.29, 0.717) is 57.9 Å². The number of rotatable bonds is 13.